The summed E-state index contributed by atoms with van der Waals surface area (Å²) < 4.78 is 5.19. The first-order valence-electron chi connectivity index (χ1n) is 4.43. The lowest BCUT2D eigenvalue weighted by Crippen LogP contribution is -1.96. The summed E-state index contributed by atoms with van der Waals surface area (Å²) in [6.07, 6.45) is 5.89. The Hall–Kier alpha value is -1.22. The number of halogens is 1. The molecule has 1 unspecified atom stereocenters. The van der Waals surface area contributed by atoms with Crippen LogP contribution in [0.2, 0.25) is 0 Å². The summed E-state index contributed by atoms with van der Waals surface area (Å²) in [6.45, 7) is 1.90. The van der Waals surface area contributed by atoms with Crippen molar-refractivity contribution in [3.63, 3.8) is 0 Å². The third-order valence-corrected chi connectivity index (χ3v) is 2.45. The van der Waals surface area contributed by atoms with Gasteiger partial charge < -0.3 is 9.40 Å². The second-order valence-corrected chi connectivity index (χ2v) is 3.73. The molecular formula is C10H11ClN2O. The summed E-state index contributed by atoms with van der Waals surface area (Å²) in [6, 6.07) is 1.95. The van der Waals surface area contributed by atoms with E-state index >= 15 is 0 Å². The number of hydrogen-bond acceptors (Lipinski definition) is 2. The second kappa shape index (κ2) is 3.88. The van der Waals surface area contributed by atoms with Crippen molar-refractivity contribution >= 4 is 11.6 Å². The monoisotopic (exact) mass is 210 g/mol. The van der Waals surface area contributed by atoms with Crippen LogP contribution in [0, 0.1) is 6.92 Å². The molecule has 0 aliphatic rings. The lowest BCUT2D eigenvalue weighted by molar-refractivity contribution is 0.531. The fourth-order valence-electron chi connectivity index (χ4n) is 1.33. The number of aromatic amines is 1. The summed E-state index contributed by atoms with van der Waals surface area (Å²) >= 11 is 6.19. The molecule has 0 amide bonds. The van der Waals surface area contributed by atoms with Gasteiger partial charge in [0.05, 0.1) is 11.6 Å². The van der Waals surface area contributed by atoms with E-state index in [0.717, 1.165) is 17.1 Å². The first kappa shape index (κ1) is 9.34. The van der Waals surface area contributed by atoms with Crippen LogP contribution in [-0.2, 0) is 6.42 Å². The van der Waals surface area contributed by atoms with Crippen LogP contribution in [0.15, 0.2) is 29.1 Å². The van der Waals surface area contributed by atoms with Crippen molar-refractivity contribution in [3.05, 3.63) is 41.9 Å². The van der Waals surface area contributed by atoms with Crippen LogP contribution in [0.4, 0.5) is 0 Å². The molecule has 0 spiro atoms. The molecule has 0 aliphatic heterocycles. The summed E-state index contributed by atoms with van der Waals surface area (Å²) in [5.74, 6) is 1.77. The Morgan fingerprint density at radius 3 is 3.07 bits per heavy atom. The minimum Gasteiger partial charge on any atom is -0.469 e. The molecule has 0 saturated heterocycles. The van der Waals surface area contributed by atoms with Gasteiger partial charge in [0, 0.05) is 24.4 Å². The Kier molecular flexibility index (Phi) is 2.59. The standard InChI is InChI=1S/C10H11ClN2O/c1-7-4-8(6-14-7)9(11)5-10-12-2-3-13-10/h2-4,6,9H,5H2,1H3,(H,12,13). The molecule has 14 heavy (non-hydrogen) atoms. The summed E-state index contributed by atoms with van der Waals surface area (Å²) in [7, 11) is 0. The fourth-order valence-corrected chi connectivity index (χ4v) is 1.59. The molecular weight excluding hydrogens is 200 g/mol. The normalized spacial score (nSPS) is 13.0. The van der Waals surface area contributed by atoms with Gasteiger partial charge in [-0.3, -0.25) is 0 Å². The molecule has 0 fully saturated rings. The van der Waals surface area contributed by atoms with Crippen LogP contribution in [-0.4, -0.2) is 9.97 Å². The Balaban J connectivity index is 2.06. The molecule has 0 radical (unpaired) electrons. The van der Waals surface area contributed by atoms with Gasteiger partial charge in [0.15, 0.2) is 0 Å². The highest BCUT2D eigenvalue weighted by Gasteiger charge is 2.12. The van der Waals surface area contributed by atoms with E-state index < -0.39 is 0 Å². The van der Waals surface area contributed by atoms with Crippen LogP contribution >= 0.6 is 11.6 Å². The van der Waals surface area contributed by atoms with Gasteiger partial charge in [0.25, 0.3) is 0 Å². The smallest absolute Gasteiger partial charge is 0.107 e. The van der Waals surface area contributed by atoms with E-state index in [1.165, 1.54) is 0 Å². The molecule has 1 N–H and O–H groups in total. The van der Waals surface area contributed by atoms with Gasteiger partial charge in [-0.05, 0) is 13.0 Å². The fraction of sp³-hybridized carbons (Fsp3) is 0.300. The average Bonchev–Trinajstić information content (AvgIpc) is 2.75. The Bertz CT molecular complexity index is 394. The molecule has 1 atom stereocenters. The maximum Gasteiger partial charge on any atom is 0.107 e. The maximum absolute atomic E-state index is 6.19. The van der Waals surface area contributed by atoms with E-state index in [1.807, 2.05) is 13.0 Å². The first-order chi connectivity index (χ1) is 6.75. The Labute approximate surface area is 87.1 Å². The summed E-state index contributed by atoms with van der Waals surface area (Å²) in [5, 5.41) is -0.0846. The Morgan fingerprint density at radius 1 is 1.64 bits per heavy atom. The van der Waals surface area contributed by atoms with Crippen molar-refractivity contribution in [2.45, 2.75) is 18.7 Å². The maximum atomic E-state index is 6.19. The van der Waals surface area contributed by atoms with Crippen molar-refractivity contribution in [1.82, 2.24) is 9.97 Å². The number of hydrogen-bond donors (Lipinski definition) is 1. The number of nitrogens with zero attached hydrogens (tertiary/aromatic N) is 1. The van der Waals surface area contributed by atoms with Gasteiger partial charge in [-0.15, -0.1) is 11.6 Å². The predicted molar refractivity (Wildman–Crippen MR) is 54.3 cm³/mol. The lowest BCUT2D eigenvalue weighted by atomic mass is 10.1. The second-order valence-electron chi connectivity index (χ2n) is 3.20. The third kappa shape index (κ3) is 1.99. The van der Waals surface area contributed by atoms with Gasteiger partial charge in [-0.25, -0.2) is 4.98 Å². The minimum absolute atomic E-state index is 0.0846. The number of alkyl halides is 1. The van der Waals surface area contributed by atoms with Crippen LogP contribution < -0.4 is 0 Å². The van der Waals surface area contributed by atoms with Gasteiger partial charge in [-0.1, -0.05) is 0 Å². The third-order valence-electron chi connectivity index (χ3n) is 2.04. The lowest BCUT2D eigenvalue weighted by Gasteiger charge is -2.03. The van der Waals surface area contributed by atoms with E-state index in [4.69, 9.17) is 16.0 Å². The van der Waals surface area contributed by atoms with Gasteiger partial charge in [-0.2, -0.15) is 0 Å². The van der Waals surface area contributed by atoms with Crippen LogP contribution in [0.3, 0.4) is 0 Å². The van der Waals surface area contributed by atoms with Crippen molar-refractivity contribution in [2.24, 2.45) is 0 Å². The number of nitrogens with one attached hydrogen (secondary N) is 1. The highest BCUT2D eigenvalue weighted by Crippen LogP contribution is 2.25. The molecule has 3 nitrogen and oxygen atoms in total. The molecule has 2 rings (SSSR count). The highest BCUT2D eigenvalue weighted by molar-refractivity contribution is 6.20. The number of rotatable bonds is 3. The van der Waals surface area contributed by atoms with E-state index in [9.17, 15) is 0 Å². The molecule has 74 valence electrons. The summed E-state index contributed by atoms with van der Waals surface area (Å²) in [4.78, 5) is 7.14. The molecule has 0 bridgehead atoms. The van der Waals surface area contributed by atoms with Crippen LogP contribution in [0.5, 0.6) is 0 Å². The van der Waals surface area contributed by atoms with E-state index in [1.54, 1.807) is 18.7 Å². The summed E-state index contributed by atoms with van der Waals surface area (Å²) in [5.41, 5.74) is 1.00. The quantitative estimate of drug-likeness (QED) is 0.792. The zero-order valence-electron chi connectivity index (χ0n) is 7.83. The molecule has 0 aromatic carbocycles. The van der Waals surface area contributed by atoms with Crippen LogP contribution in [0.1, 0.15) is 22.5 Å². The average molecular weight is 211 g/mol. The van der Waals surface area contributed by atoms with E-state index in [2.05, 4.69) is 9.97 Å². The number of aromatic nitrogens is 2. The SMILES string of the molecule is Cc1cc(C(Cl)Cc2ncc[nH]2)co1. The zero-order valence-corrected chi connectivity index (χ0v) is 8.58. The van der Waals surface area contributed by atoms with Gasteiger partial charge >= 0.3 is 0 Å². The molecule has 4 heteroatoms. The van der Waals surface area contributed by atoms with Crippen molar-refractivity contribution in [3.8, 4) is 0 Å². The number of H-pyrrole nitrogens is 1. The minimum atomic E-state index is -0.0846. The molecule has 0 aliphatic carbocycles. The first-order valence-corrected chi connectivity index (χ1v) is 4.86. The predicted octanol–water partition coefficient (Wildman–Crippen LogP) is 2.83. The molecule has 2 aromatic heterocycles. The number of aryl methyl sites for hydroxylation is 1. The van der Waals surface area contributed by atoms with Crippen LogP contribution in [0.25, 0.3) is 0 Å². The topological polar surface area (TPSA) is 41.8 Å². The highest BCUT2D eigenvalue weighted by atomic mass is 35.5. The number of furan rings is 1. The van der Waals surface area contributed by atoms with E-state index in [0.29, 0.717) is 6.42 Å². The van der Waals surface area contributed by atoms with Crippen molar-refractivity contribution in [1.29, 1.82) is 0 Å². The zero-order chi connectivity index (χ0) is 9.97. The Morgan fingerprint density at radius 2 is 2.50 bits per heavy atom. The van der Waals surface area contributed by atoms with Crippen molar-refractivity contribution in [2.75, 3.05) is 0 Å². The van der Waals surface area contributed by atoms with Crippen molar-refractivity contribution < 1.29 is 4.42 Å². The van der Waals surface area contributed by atoms with Gasteiger partial charge in [0.2, 0.25) is 0 Å². The van der Waals surface area contributed by atoms with E-state index in [-0.39, 0.29) is 5.38 Å². The molecule has 2 heterocycles. The largest absolute Gasteiger partial charge is 0.469 e. The van der Waals surface area contributed by atoms with Gasteiger partial charge in [0.1, 0.15) is 11.6 Å². The molecule has 2 aromatic rings. The number of imidazole rings is 1. The molecule has 0 saturated carbocycles.